The number of primary amides is 1. The van der Waals surface area contributed by atoms with E-state index in [1.54, 1.807) is 6.20 Å². The Hall–Kier alpha value is -2.93. The third-order valence-electron chi connectivity index (χ3n) is 5.08. The van der Waals surface area contributed by atoms with Crippen molar-refractivity contribution >= 4 is 22.6 Å². The van der Waals surface area contributed by atoms with Crippen molar-refractivity contribution in [1.29, 1.82) is 0 Å². The molecule has 1 aliphatic heterocycles. The van der Waals surface area contributed by atoms with E-state index in [-0.39, 0.29) is 11.8 Å². The molecule has 1 aromatic carbocycles. The first kappa shape index (κ1) is 16.5. The second-order valence-electron chi connectivity index (χ2n) is 6.66. The molecule has 7 heteroatoms. The number of benzene rings is 1. The number of aromatic nitrogens is 3. The monoisotopic (exact) mass is 350 g/mol. The Morgan fingerprint density at radius 1 is 1.15 bits per heavy atom. The van der Waals surface area contributed by atoms with Gasteiger partial charge < -0.3 is 16.4 Å². The Morgan fingerprint density at radius 3 is 2.54 bits per heavy atom. The molecule has 3 aromatic rings. The average Bonchev–Trinajstić information content (AvgIpc) is 3.08. The van der Waals surface area contributed by atoms with E-state index in [1.165, 1.54) is 0 Å². The van der Waals surface area contributed by atoms with Gasteiger partial charge in [-0.2, -0.15) is 0 Å². The van der Waals surface area contributed by atoms with E-state index in [1.807, 2.05) is 41.2 Å². The average molecular weight is 350 g/mol. The first-order chi connectivity index (χ1) is 12.7. The highest BCUT2D eigenvalue weighted by Gasteiger charge is 2.26. The molecule has 1 amide bonds. The molecule has 7 nitrogen and oxygen atoms in total. The summed E-state index contributed by atoms with van der Waals surface area (Å²) in [5, 5.41) is 5.92. The third kappa shape index (κ3) is 2.90. The van der Waals surface area contributed by atoms with Crippen LogP contribution in [0.5, 0.6) is 0 Å². The Labute approximate surface area is 151 Å². The highest BCUT2D eigenvalue weighted by atomic mass is 16.1. The lowest BCUT2D eigenvalue weighted by Crippen LogP contribution is -2.38. The summed E-state index contributed by atoms with van der Waals surface area (Å²) >= 11 is 0. The predicted molar refractivity (Wildman–Crippen MR) is 101 cm³/mol. The molecule has 1 aliphatic rings. The maximum absolute atomic E-state index is 11.4. The fraction of sp³-hybridized carbons (Fsp3) is 0.316. The number of hydrogen-bond acceptors (Lipinski definition) is 5. The third-order valence-corrected chi connectivity index (χ3v) is 5.08. The lowest BCUT2D eigenvalue weighted by molar-refractivity contribution is -0.122. The van der Waals surface area contributed by atoms with Crippen LogP contribution in [0.4, 0.5) is 5.82 Å². The number of nitrogens with zero attached hydrogens (tertiary/aromatic N) is 4. The number of anilines is 1. The molecule has 0 bridgehead atoms. The van der Waals surface area contributed by atoms with Crippen LogP contribution in [0.3, 0.4) is 0 Å². The number of carbonyl (C=O) groups is 1. The molecule has 0 unspecified atom stereocenters. The van der Waals surface area contributed by atoms with Crippen molar-refractivity contribution in [1.82, 2.24) is 14.8 Å². The molecular formula is C19H22N6O. The van der Waals surface area contributed by atoms with Crippen LogP contribution in [0.15, 0.2) is 42.7 Å². The van der Waals surface area contributed by atoms with E-state index < -0.39 is 0 Å². The quantitative estimate of drug-likeness (QED) is 0.743. The van der Waals surface area contributed by atoms with Gasteiger partial charge in [-0.05, 0) is 36.6 Å². The largest absolute Gasteiger partial charge is 0.369 e. The van der Waals surface area contributed by atoms with Gasteiger partial charge in [0.2, 0.25) is 5.91 Å². The summed E-state index contributed by atoms with van der Waals surface area (Å²) in [4.78, 5) is 17.9. The zero-order valence-corrected chi connectivity index (χ0v) is 14.5. The van der Waals surface area contributed by atoms with Gasteiger partial charge in [0.25, 0.3) is 0 Å². The van der Waals surface area contributed by atoms with Crippen molar-refractivity contribution in [2.45, 2.75) is 19.4 Å². The molecule has 0 radical (unpaired) electrons. The summed E-state index contributed by atoms with van der Waals surface area (Å²) in [6, 6.07) is 10.0. The first-order valence-electron chi connectivity index (χ1n) is 8.84. The second kappa shape index (κ2) is 6.76. The van der Waals surface area contributed by atoms with E-state index >= 15 is 0 Å². The van der Waals surface area contributed by atoms with Crippen molar-refractivity contribution in [3.63, 3.8) is 0 Å². The smallest absolute Gasteiger partial charge is 0.220 e. The van der Waals surface area contributed by atoms with Gasteiger partial charge in [-0.3, -0.25) is 9.78 Å². The van der Waals surface area contributed by atoms with Gasteiger partial charge in [0.05, 0.1) is 17.4 Å². The summed E-state index contributed by atoms with van der Waals surface area (Å²) in [5.74, 6) is 0.683. The van der Waals surface area contributed by atoms with Crippen LogP contribution < -0.4 is 16.4 Å². The molecule has 0 atom stereocenters. The summed E-state index contributed by atoms with van der Waals surface area (Å²) in [6.45, 7) is 2.06. The standard InChI is InChI=1S/C19H22N6O/c20-11-13-1-3-15(4-2-13)25-17-12-22-8-5-16(17)19(23-25)24-9-6-14(7-10-24)18(21)26/h1-5,8,12,14H,6-7,9-11,20H2,(H2,21,26). The van der Waals surface area contributed by atoms with Crippen LogP contribution >= 0.6 is 0 Å². The van der Waals surface area contributed by atoms with Gasteiger partial charge in [-0.15, -0.1) is 5.10 Å². The molecule has 3 heterocycles. The fourth-order valence-electron chi connectivity index (χ4n) is 3.53. The summed E-state index contributed by atoms with van der Waals surface area (Å²) < 4.78 is 1.91. The molecule has 0 aliphatic carbocycles. The molecule has 0 saturated carbocycles. The zero-order valence-electron chi connectivity index (χ0n) is 14.5. The molecule has 4 rings (SSSR count). The minimum atomic E-state index is -0.204. The van der Waals surface area contributed by atoms with Crippen molar-refractivity contribution in [3.8, 4) is 5.69 Å². The lowest BCUT2D eigenvalue weighted by atomic mass is 9.96. The number of piperidine rings is 1. The van der Waals surface area contributed by atoms with Gasteiger partial charge in [-0.1, -0.05) is 12.1 Å². The zero-order chi connectivity index (χ0) is 18.1. The molecule has 1 saturated heterocycles. The van der Waals surface area contributed by atoms with Crippen LogP contribution in [0.1, 0.15) is 18.4 Å². The van der Waals surface area contributed by atoms with Crippen LogP contribution in [0, 0.1) is 5.92 Å². The van der Waals surface area contributed by atoms with Gasteiger partial charge in [0.1, 0.15) is 0 Å². The van der Waals surface area contributed by atoms with Gasteiger partial charge >= 0.3 is 0 Å². The number of rotatable bonds is 4. The minimum absolute atomic E-state index is 0.0370. The van der Waals surface area contributed by atoms with Crippen LogP contribution in [-0.2, 0) is 11.3 Å². The number of nitrogens with two attached hydrogens (primary N) is 2. The molecule has 4 N–H and O–H groups in total. The van der Waals surface area contributed by atoms with E-state index in [2.05, 4.69) is 9.88 Å². The molecule has 0 spiro atoms. The fourth-order valence-corrected chi connectivity index (χ4v) is 3.53. The van der Waals surface area contributed by atoms with Crippen molar-refractivity contribution in [2.24, 2.45) is 17.4 Å². The maximum atomic E-state index is 11.4. The van der Waals surface area contributed by atoms with Gasteiger partial charge in [-0.25, -0.2) is 4.68 Å². The maximum Gasteiger partial charge on any atom is 0.220 e. The lowest BCUT2D eigenvalue weighted by Gasteiger charge is -2.30. The van der Waals surface area contributed by atoms with Crippen molar-refractivity contribution in [3.05, 3.63) is 48.3 Å². The van der Waals surface area contributed by atoms with E-state index in [9.17, 15) is 4.79 Å². The topological polar surface area (TPSA) is 103 Å². The SMILES string of the molecule is NCc1ccc(-n2nc(N3CCC(C(N)=O)CC3)c3ccncc32)cc1. The Bertz CT molecular complexity index is 925. The number of hydrogen-bond donors (Lipinski definition) is 2. The predicted octanol–water partition coefficient (Wildman–Crippen LogP) is 1.58. The Balaban J connectivity index is 1.71. The molecule has 2 aromatic heterocycles. The number of amides is 1. The molecule has 134 valence electrons. The molecule has 26 heavy (non-hydrogen) atoms. The van der Waals surface area contributed by atoms with Crippen molar-refractivity contribution < 1.29 is 4.79 Å². The second-order valence-corrected chi connectivity index (χ2v) is 6.66. The van der Waals surface area contributed by atoms with E-state index in [0.717, 1.165) is 53.9 Å². The normalized spacial score (nSPS) is 15.5. The highest BCUT2D eigenvalue weighted by Crippen LogP contribution is 2.30. The van der Waals surface area contributed by atoms with Gasteiger partial charge in [0.15, 0.2) is 5.82 Å². The van der Waals surface area contributed by atoms with E-state index in [0.29, 0.717) is 6.54 Å². The molecular weight excluding hydrogens is 328 g/mol. The summed E-state index contributed by atoms with van der Waals surface area (Å²) in [7, 11) is 0. The first-order valence-corrected chi connectivity index (χ1v) is 8.84. The highest BCUT2D eigenvalue weighted by molar-refractivity contribution is 5.91. The van der Waals surface area contributed by atoms with Crippen molar-refractivity contribution in [2.75, 3.05) is 18.0 Å². The van der Waals surface area contributed by atoms with E-state index in [4.69, 9.17) is 16.6 Å². The van der Waals surface area contributed by atoms with Crippen LogP contribution in [0.2, 0.25) is 0 Å². The van der Waals surface area contributed by atoms with Crippen LogP contribution in [0.25, 0.3) is 16.6 Å². The minimum Gasteiger partial charge on any atom is -0.369 e. The number of carbonyl (C=O) groups excluding carboxylic acids is 1. The number of pyridine rings is 1. The van der Waals surface area contributed by atoms with Gasteiger partial charge in [0, 0.05) is 37.1 Å². The van der Waals surface area contributed by atoms with Crippen LogP contribution in [-0.4, -0.2) is 33.8 Å². The number of fused-ring (bicyclic) bond motifs is 1. The molecule has 1 fully saturated rings. The Morgan fingerprint density at radius 2 is 1.88 bits per heavy atom. The summed E-state index contributed by atoms with van der Waals surface area (Å²) in [6.07, 6.45) is 5.14. The Kier molecular flexibility index (Phi) is 4.30. The summed E-state index contributed by atoms with van der Waals surface area (Å²) in [5.41, 5.74) is 14.2.